The molecule has 2 aromatic rings. The van der Waals surface area contributed by atoms with Crippen LogP contribution in [-0.2, 0) is 21.2 Å². The van der Waals surface area contributed by atoms with E-state index >= 15 is 0 Å². The second-order valence-electron chi connectivity index (χ2n) is 6.69. The molecule has 0 bridgehead atoms. The van der Waals surface area contributed by atoms with Gasteiger partial charge in [-0.3, -0.25) is 9.10 Å². The standard InChI is InChI=1S/C21H27ClN2O4S/c1-4-28-20-12-10-17(11-13-20)7-6-14-23-21(25)16(2)24(29(3,26)27)19-9-5-8-18(22)15-19/h5,8-13,15-16H,4,6-7,14H2,1-3H3,(H,23,25)/t16-/m0/s1. The molecule has 1 amide bonds. The van der Waals surface area contributed by atoms with Gasteiger partial charge in [-0.2, -0.15) is 0 Å². The maximum absolute atomic E-state index is 12.6. The number of nitrogens with one attached hydrogen (secondary N) is 1. The summed E-state index contributed by atoms with van der Waals surface area (Å²) in [6.07, 6.45) is 2.61. The van der Waals surface area contributed by atoms with Gasteiger partial charge in [0.2, 0.25) is 15.9 Å². The van der Waals surface area contributed by atoms with Crippen LogP contribution in [0.1, 0.15) is 25.8 Å². The number of hydrogen-bond donors (Lipinski definition) is 1. The Hall–Kier alpha value is -2.25. The highest BCUT2D eigenvalue weighted by Crippen LogP contribution is 2.24. The van der Waals surface area contributed by atoms with E-state index in [0.717, 1.165) is 34.7 Å². The molecule has 1 atom stereocenters. The number of anilines is 1. The first-order valence-corrected chi connectivity index (χ1v) is 11.7. The fourth-order valence-electron chi connectivity index (χ4n) is 2.99. The minimum absolute atomic E-state index is 0.358. The van der Waals surface area contributed by atoms with Gasteiger partial charge in [0, 0.05) is 11.6 Å². The smallest absolute Gasteiger partial charge is 0.243 e. The average molecular weight is 439 g/mol. The van der Waals surface area contributed by atoms with Crippen LogP contribution in [0.15, 0.2) is 48.5 Å². The van der Waals surface area contributed by atoms with Gasteiger partial charge in [0.25, 0.3) is 0 Å². The van der Waals surface area contributed by atoms with E-state index in [1.807, 2.05) is 31.2 Å². The van der Waals surface area contributed by atoms with Crippen molar-refractivity contribution >= 4 is 33.2 Å². The quantitative estimate of drug-likeness (QED) is 0.574. The van der Waals surface area contributed by atoms with Crippen LogP contribution in [0, 0.1) is 0 Å². The van der Waals surface area contributed by atoms with Crippen molar-refractivity contribution in [2.75, 3.05) is 23.7 Å². The molecule has 0 unspecified atom stereocenters. The zero-order valence-corrected chi connectivity index (χ0v) is 18.5. The lowest BCUT2D eigenvalue weighted by Gasteiger charge is -2.28. The molecule has 0 spiro atoms. The molecule has 6 nitrogen and oxygen atoms in total. The SMILES string of the molecule is CCOc1ccc(CCCNC(=O)[C@H](C)N(c2cccc(Cl)c2)S(C)(=O)=O)cc1. The van der Waals surface area contributed by atoms with Crippen LogP contribution in [-0.4, -0.2) is 39.8 Å². The Labute approximate surface area is 177 Å². The molecule has 0 aliphatic rings. The van der Waals surface area contributed by atoms with E-state index in [1.165, 1.54) is 6.07 Å². The second-order valence-corrected chi connectivity index (χ2v) is 8.98. The molecule has 0 fully saturated rings. The highest BCUT2D eigenvalue weighted by Gasteiger charge is 2.28. The number of carbonyl (C=O) groups excluding carboxylic acids is 1. The van der Waals surface area contributed by atoms with E-state index in [9.17, 15) is 13.2 Å². The molecule has 1 N–H and O–H groups in total. The first-order valence-electron chi connectivity index (χ1n) is 9.46. The minimum Gasteiger partial charge on any atom is -0.494 e. The number of aryl methyl sites for hydroxylation is 1. The first-order chi connectivity index (χ1) is 13.7. The van der Waals surface area contributed by atoms with Crippen LogP contribution in [0.5, 0.6) is 5.75 Å². The van der Waals surface area contributed by atoms with Crippen molar-refractivity contribution in [1.82, 2.24) is 5.32 Å². The van der Waals surface area contributed by atoms with Gasteiger partial charge in [-0.05, 0) is 62.6 Å². The molecule has 0 aliphatic carbocycles. The maximum Gasteiger partial charge on any atom is 0.243 e. The summed E-state index contributed by atoms with van der Waals surface area (Å²) < 4.78 is 31.0. The molecule has 2 rings (SSSR count). The summed E-state index contributed by atoms with van der Waals surface area (Å²) in [5.74, 6) is 0.474. The summed E-state index contributed by atoms with van der Waals surface area (Å²) in [6.45, 7) is 4.57. The van der Waals surface area contributed by atoms with Gasteiger partial charge in [-0.25, -0.2) is 8.42 Å². The van der Waals surface area contributed by atoms with Crippen LogP contribution in [0.3, 0.4) is 0 Å². The number of ether oxygens (including phenoxy) is 1. The summed E-state index contributed by atoms with van der Waals surface area (Å²) in [4.78, 5) is 12.6. The molecule has 0 aliphatic heterocycles. The highest BCUT2D eigenvalue weighted by molar-refractivity contribution is 7.92. The van der Waals surface area contributed by atoms with Crippen molar-refractivity contribution in [3.8, 4) is 5.75 Å². The van der Waals surface area contributed by atoms with Gasteiger partial charge < -0.3 is 10.1 Å². The predicted molar refractivity (Wildman–Crippen MR) is 117 cm³/mol. The average Bonchev–Trinajstić information content (AvgIpc) is 2.65. The fourth-order valence-corrected chi connectivity index (χ4v) is 4.34. The molecule has 29 heavy (non-hydrogen) atoms. The van der Waals surface area contributed by atoms with E-state index in [-0.39, 0.29) is 5.91 Å². The number of hydrogen-bond acceptors (Lipinski definition) is 4. The molecule has 0 saturated heterocycles. The zero-order chi connectivity index (χ0) is 21.4. The van der Waals surface area contributed by atoms with Crippen molar-refractivity contribution in [3.05, 3.63) is 59.1 Å². The Morgan fingerprint density at radius 3 is 2.48 bits per heavy atom. The Kier molecular flexibility index (Phi) is 8.34. The van der Waals surface area contributed by atoms with E-state index in [2.05, 4.69) is 5.32 Å². The van der Waals surface area contributed by atoms with Crippen molar-refractivity contribution in [1.29, 1.82) is 0 Å². The summed E-state index contributed by atoms with van der Waals surface area (Å²) in [7, 11) is -3.66. The first kappa shape index (κ1) is 23.0. The molecule has 0 saturated carbocycles. The number of halogens is 1. The Balaban J connectivity index is 1.92. The lowest BCUT2D eigenvalue weighted by atomic mass is 10.1. The maximum atomic E-state index is 12.6. The lowest BCUT2D eigenvalue weighted by molar-refractivity contribution is -0.121. The molecular weight excluding hydrogens is 412 g/mol. The number of rotatable bonds is 10. The molecule has 8 heteroatoms. The second kappa shape index (κ2) is 10.5. The number of sulfonamides is 1. The van der Waals surface area contributed by atoms with Crippen molar-refractivity contribution in [3.63, 3.8) is 0 Å². The van der Waals surface area contributed by atoms with E-state index in [4.69, 9.17) is 16.3 Å². The summed E-state index contributed by atoms with van der Waals surface area (Å²) in [6, 6.07) is 13.4. The van der Waals surface area contributed by atoms with E-state index in [1.54, 1.807) is 25.1 Å². The monoisotopic (exact) mass is 438 g/mol. The van der Waals surface area contributed by atoms with Gasteiger partial charge in [-0.15, -0.1) is 0 Å². The Morgan fingerprint density at radius 1 is 1.21 bits per heavy atom. The Morgan fingerprint density at radius 2 is 1.90 bits per heavy atom. The van der Waals surface area contributed by atoms with Crippen molar-refractivity contribution in [2.24, 2.45) is 0 Å². The molecule has 158 valence electrons. The van der Waals surface area contributed by atoms with E-state index in [0.29, 0.717) is 23.9 Å². The van der Waals surface area contributed by atoms with E-state index < -0.39 is 16.1 Å². The van der Waals surface area contributed by atoms with Crippen LogP contribution < -0.4 is 14.4 Å². The fraction of sp³-hybridized carbons (Fsp3) is 0.381. The number of carbonyl (C=O) groups is 1. The lowest BCUT2D eigenvalue weighted by Crippen LogP contribution is -2.48. The van der Waals surface area contributed by atoms with Gasteiger partial charge in [-0.1, -0.05) is 29.8 Å². The number of nitrogens with zero attached hydrogens (tertiary/aromatic N) is 1. The molecule has 2 aromatic carbocycles. The third kappa shape index (κ3) is 6.94. The molecule has 0 aromatic heterocycles. The van der Waals surface area contributed by atoms with Crippen LogP contribution in [0.2, 0.25) is 5.02 Å². The van der Waals surface area contributed by atoms with Gasteiger partial charge in [0.1, 0.15) is 11.8 Å². The van der Waals surface area contributed by atoms with Crippen molar-refractivity contribution < 1.29 is 17.9 Å². The summed E-state index contributed by atoms with van der Waals surface area (Å²) in [5.41, 5.74) is 1.50. The number of benzene rings is 2. The summed E-state index contributed by atoms with van der Waals surface area (Å²) in [5, 5.41) is 3.22. The van der Waals surface area contributed by atoms with Gasteiger partial charge in [0.15, 0.2) is 0 Å². The summed E-state index contributed by atoms with van der Waals surface area (Å²) >= 11 is 5.98. The predicted octanol–water partition coefficient (Wildman–Crippen LogP) is 3.64. The molecule has 0 radical (unpaired) electrons. The minimum atomic E-state index is -3.66. The topological polar surface area (TPSA) is 75.7 Å². The zero-order valence-electron chi connectivity index (χ0n) is 16.9. The highest BCUT2D eigenvalue weighted by atomic mass is 35.5. The third-order valence-corrected chi connectivity index (χ3v) is 5.80. The van der Waals surface area contributed by atoms with Gasteiger partial charge >= 0.3 is 0 Å². The normalized spacial score (nSPS) is 12.3. The largest absolute Gasteiger partial charge is 0.494 e. The van der Waals surface area contributed by atoms with Crippen LogP contribution >= 0.6 is 11.6 Å². The molecule has 0 heterocycles. The van der Waals surface area contributed by atoms with Crippen molar-refractivity contribution in [2.45, 2.75) is 32.7 Å². The number of amides is 1. The van der Waals surface area contributed by atoms with Gasteiger partial charge in [0.05, 0.1) is 18.6 Å². The Bertz CT molecular complexity index is 917. The third-order valence-electron chi connectivity index (χ3n) is 4.33. The van der Waals surface area contributed by atoms with Crippen LogP contribution in [0.25, 0.3) is 0 Å². The molecular formula is C21H27ClN2O4S. The van der Waals surface area contributed by atoms with Crippen LogP contribution in [0.4, 0.5) is 5.69 Å².